The Hall–Kier alpha value is -1.56. The fourth-order valence-electron chi connectivity index (χ4n) is 1.54. The average molecular weight is 241 g/mol. The van der Waals surface area contributed by atoms with Crippen molar-refractivity contribution in [1.82, 2.24) is 9.78 Å². The third-order valence-corrected chi connectivity index (χ3v) is 2.29. The number of methoxy groups -OCH3 is 1. The highest BCUT2D eigenvalue weighted by Crippen LogP contribution is 2.19. The molecule has 17 heavy (non-hydrogen) atoms. The normalized spacial score (nSPS) is 10.5. The van der Waals surface area contributed by atoms with Gasteiger partial charge in [0.15, 0.2) is 5.69 Å². The topological polar surface area (TPSA) is 79.4 Å². The van der Waals surface area contributed by atoms with Crippen LogP contribution in [0.5, 0.6) is 0 Å². The van der Waals surface area contributed by atoms with Crippen LogP contribution >= 0.6 is 0 Å². The maximum atomic E-state index is 11.7. The van der Waals surface area contributed by atoms with Gasteiger partial charge < -0.3 is 15.2 Å². The van der Waals surface area contributed by atoms with Gasteiger partial charge in [0.1, 0.15) is 5.82 Å². The summed E-state index contributed by atoms with van der Waals surface area (Å²) in [4.78, 5) is 11.7. The Labute approximate surface area is 101 Å². The third-order valence-electron chi connectivity index (χ3n) is 2.29. The minimum atomic E-state index is -0.457. The van der Waals surface area contributed by atoms with Gasteiger partial charge in [0.25, 0.3) is 0 Å². The Morgan fingerprint density at radius 3 is 2.71 bits per heavy atom. The summed E-state index contributed by atoms with van der Waals surface area (Å²) in [6.07, 6.45) is 0.889. The van der Waals surface area contributed by atoms with Crippen molar-refractivity contribution in [2.45, 2.75) is 33.4 Å². The predicted molar refractivity (Wildman–Crippen MR) is 63.6 cm³/mol. The van der Waals surface area contributed by atoms with E-state index in [4.69, 9.17) is 15.2 Å². The van der Waals surface area contributed by atoms with Crippen LogP contribution in [0.25, 0.3) is 0 Å². The Balaban J connectivity index is 3.08. The van der Waals surface area contributed by atoms with Crippen LogP contribution in [0.15, 0.2) is 0 Å². The van der Waals surface area contributed by atoms with Crippen molar-refractivity contribution in [3.05, 3.63) is 11.3 Å². The number of nitrogen functional groups attached to an aromatic ring is 1. The van der Waals surface area contributed by atoms with Crippen molar-refractivity contribution in [1.29, 1.82) is 0 Å². The number of hydrogen-bond acceptors (Lipinski definition) is 5. The molecule has 1 heterocycles. The largest absolute Gasteiger partial charge is 0.461 e. The van der Waals surface area contributed by atoms with Gasteiger partial charge in [-0.2, -0.15) is 5.10 Å². The van der Waals surface area contributed by atoms with Gasteiger partial charge in [-0.3, -0.25) is 0 Å². The first-order valence-corrected chi connectivity index (χ1v) is 5.66. The minimum absolute atomic E-state index is 0.250. The van der Waals surface area contributed by atoms with E-state index in [1.165, 1.54) is 0 Å². The number of nitrogens with zero attached hydrogens (tertiary/aromatic N) is 2. The SMILES string of the molecule is CCCn1nc(C(=O)OCC)c(COC)c1N. The molecule has 0 saturated carbocycles. The monoisotopic (exact) mass is 241 g/mol. The lowest BCUT2D eigenvalue weighted by atomic mass is 10.2. The molecular weight excluding hydrogens is 222 g/mol. The summed E-state index contributed by atoms with van der Waals surface area (Å²) < 4.78 is 11.6. The summed E-state index contributed by atoms with van der Waals surface area (Å²) in [7, 11) is 1.55. The zero-order valence-electron chi connectivity index (χ0n) is 10.5. The molecule has 0 aliphatic heterocycles. The van der Waals surface area contributed by atoms with Crippen molar-refractivity contribution >= 4 is 11.8 Å². The van der Waals surface area contributed by atoms with Crippen molar-refractivity contribution in [3.8, 4) is 0 Å². The number of aromatic nitrogens is 2. The maximum absolute atomic E-state index is 11.7. The molecule has 0 bridgehead atoms. The van der Waals surface area contributed by atoms with Crippen molar-refractivity contribution in [2.24, 2.45) is 0 Å². The van der Waals surface area contributed by atoms with Crippen molar-refractivity contribution in [2.75, 3.05) is 19.5 Å². The van der Waals surface area contributed by atoms with Gasteiger partial charge in [0, 0.05) is 13.7 Å². The van der Waals surface area contributed by atoms with Crippen LogP contribution in [0.3, 0.4) is 0 Å². The number of aryl methyl sites for hydroxylation is 1. The average Bonchev–Trinajstić information content (AvgIpc) is 2.59. The molecule has 1 aromatic heterocycles. The number of esters is 1. The van der Waals surface area contributed by atoms with Crippen molar-refractivity contribution < 1.29 is 14.3 Å². The minimum Gasteiger partial charge on any atom is -0.461 e. The third kappa shape index (κ3) is 2.97. The first-order chi connectivity index (χ1) is 8.15. The summed E-state index contributed by atoms with van der Waals surface area (Å²) in [5.41, 5.74) is 6.77. The van der Waals surface area contributed by atoms with E-state index in [-0.39, 0.29) is 12.3 Å². The summed E-state index contributed by atoms with van der Waals surface area (Å²) in [6.45, 7) is 5.00. The Morgan fingerprint density at radius 1 is 1.47 bits per heavy atom. The number of carbonyl (C=O) groups excluding carboxylic acids is 1. The van der Waals surface area contributed by atoms with E-state index in [0.29, 0.717) is 24.5 Å². The number of rotatable bonds is 6. The van der Waals surface area contributed by atoms with Crippen LogP contribution in [0.2, 0.25) is 0 Å². The van der Waals surface area contributed by atoms with Gasteiger partial charge in [0.2, 0.25) is 0 Å². The first-order valence-electron chi connectivity index (χ1n) is 5.66. The standard InChI is InChI=1S/C11H19N3O3/c1-4-6-14-10(12)8(7-16-3)9(13-14)11(15)17-5-2/h4-7,12H2,1-3H3. The van der Waals surface area contributed by atoms with Gasteiger partial charge >= 0.3 is 5.97 Å². The predicted octanol–water partition coefficient (Wildman–Crippen LogP) is 1.20. The van der Waals surface area contributed by atoms with E-state index in [1.807, 2.05) is 6.92 Å². The molecule has 1 rings (SSSR count). The highest BCUT2D eigenvalue weighted by atomic mass is 16.5. The van der Waals surface area contributed by atoms with Gasteiger partial charge in [-0.1, -0.05) is 6.92 Å². The van der Waals surface area contributed by atoms with Crippen LogP contribution < -0.4 is 5.73 Å². The lowest BCUT2D eigenvalue weighted by Gasteiger charge is -2.02. The molecule has 0 aromatic carbocycles. The number of ether oxygens (including phenoxy) is 2. The van der Waals surface area contributed by atoms with Gasteiger partial charge in [-0.15, -0.1) is 0 Å². The summed E-state index contributed by atoms with van der Waals surface area (Å²) in [5, 5.41) is 4.17. The molecule has 0 aliphatic carbocycles. The number of anilines is 1. The quantitative estimate of drug-likeness (QED) is 0.757. The zero-order valence-corrected chi connectivity index (χ0v) is 10.5. The smallest absolute Gasteiger partial charge is 0.359 e. The van der Waals surface area contributed by atoms with Crippen LogP contribution in [0.4, 0.5) is 5.82 Å². The van der Waals surface area contributed by atoms with E-state index in [9.17, 15) is 4.79 Å². The van der Waals surface area contributed by atoms with E-state index in [1.54, 1.807) is 18.7 Å². The zero-order chi connectivity index (χ0) is 12.8. The fourth-order valence-corrected chi connectivity index (χ4v) is 1.54. The van der Waals surface area contributed by atoms with Crippen molar-refractivity contribution in [3.63, 3.8) is 0 Å². The second-order valence-corrected chi connectivity index (χ2v) is 3.59. The number of nitrogens with two attached hydrogens (primary N) is 1. The van der Waals surface area contributed by atoms with E-state index >= 15 is 0 Å². The fraction of sp³-hybridized carbons (Fsp3) is 0.636. The molecule has 0 saturated heterocycles. The molecule has 6 nitrogen and oxygen atoms in total. The highest BCUT2D eigenvalue weighted by Gasteiger charge is 2.21. The molecule has 0 fully saturated rings. The molecule has 1 aromatic rings. The van der Waals surface area contributed by atoms with Gasteiger partial charge in [-0.05, 0) is 13.3 Å². The molecule has 0 atom stereocenters. The maximum Gasteiger partial charge on any atom is 0.359 e. The summed E-state index contributed by atoms with van der Waals surface area (Å²) in [5.74, 6) is 0.0119. The molecule has 0 aliphatic rings. The molecule has 96 valence electrons. The van der Waals surface area contributed by atoms with E-state index in [0.717, 1.165) is 6.42 Å². The second-order valence-electron chi connectivity index (χ2n) is 3.59. The van der Waals surface area contributed by atoms with Crippen LogP contribution in [0, 0.1) is 0 Å². The lowest BCUT2D eigenvalue weighted by Crippen LogP contribution is -2.09. The molecule has 0 unspecified atom stereocenters. The van der Waals surface area contributed by atoms with Gasteiger partial charge in [-0.25, -0.2) is 9.48 Å². The lowest BCUT2D eigenvalue weighted by molar-refractivity contribution is 0.0513. The highest BCUT2D eigenvalue weighted by molar-refractivity contribution is 5.90. The Morgan fingerprint density at radius 2 is 2.18 bits per heavy atom. The molecule has 0 spiro atoms. The molecule has 0 radical (unpaired) electrons. The number of carbonyl (C=O) groups is 1. The van der Waals surface area contributed by atoms with E-state index in [2.05, 4.69) is 5.10 Å². The number of hydrogen-bond donors (Lipinski definition) is 1. The molecule has 6 heteroatoms. The second kappa shape index (κ2) is 6.24. The van der Waals surface area contributed by atoms with Crippen LogP contribution in [-0.4, -0.2) is 29.5 Å². The first kappa shape index (κ1) is 13.5. The Kier molecular flexibility index (Phi) is 4.96. The van der Waals surface area contributed by atoms with Crippen LogP contribution in [0.1, 0.15) is 36.3 Å². The van der Waals surface area contributed by atoms with Gasteiger partial charge in [0.05, 0.1) is 18.8 Å². The molecule has 0 amide bonds. The van der Waals surface area contributed by atoms with E-state index < -0.39 is 5.97 Å². The summed E-state index contributed by atoms with van der Waals surface area (Å²) >= 11 is 0. The molecule has 2 N–H and O–H groups in total. The van der Waals surface area contributed by atoms with Crippen LogP contribution in [-0.2, 0) is 22.6 Å². The summed E-state index contributed by atoms with van der Waals surface area (Å²) in [6, 6.07) is 0. The Bertz CT molecular complexity index is 388. The molecular formula is C11H19N3O3.